The standard InChI is InChI=1S/C21H20BrN3O2/c22-18-9-7-16(8-10-18)19-15-24(13-14-27-19)21(26)20(25-12-4-11-23-25)17-5-2-1-3-6-17/h1-12,19-20H,13-15H2. The van der Waals surface area contributed by atoms with Gasteiger partial charge in [-0.15, -0.1) is 0 Å². The van der Waals surface area contributed by atoms with E-state index in [1.165, 1.54) is 0 Å². The van der Waals surface area contributed by atoms with Gasteiger partial charge in [-0.05, 0) is 29.3 Å². The van der Waals surface area contributed by atoms with Crippen molar-refractivity contribution in [1.29, 1.82) is 0 Å². The van der Waals surface area contributed by atoms with Gasteiger partial charge < -0.3 is 9.64 Å². The first-order valence-electron chi connectivity index (χ1n) is 8.92. The smallest absolute Gasteiger partial charge is 0.252 e. The molecule has 0 bridgehead atoms. The molecular weight excluding hydrogens is 406 g/mol. The second kappa shape index (κ2) is 8.06. The van der Waals surface area contributed by atoms with Gasteiger partial charge in [-0.25, -0.2) is 0 Å². The molecule has 0 radical (unpaired) electrons. The number of nitrogens with zero attached hydrogens (tertiary/aromatic N) is 3. The first-order chi connectivity index (χ1) is 13.2. The van der Waals surface area contributed by atoms with E-state index in [0.29, 0.717) is 19.7 Å². The summed E-state index contributed by atoms with van der Waals surface area (Å²) in [5.74, 6) is 0.0373. The van der Waals surface area contributed by atoms with E-state index in [2.05, 4.69) is 21.0 Å². The molecule has 1 fully saturated rings. The Morgan fingerprint density at radius 1 is 1.11 bits per heavy atom. The molecule has 0 N–H and O–H groups in total. The van der Waals surface area contributed by atoms with Crippen molar-refractivity contribution in [2.24, 2.45) is 0 Å². The monoisotopic (exact) mass is 425 g/mol. The Labute approximate surface area is 166 Å². The average Bonchev–Trinajstić information content (AvgIpc) is 3.24. The Morgan fingerprint density at radius 2 is 1.89 bits per heavy atom. The molecule has 1 amide bonds. The average molecular weight is 426 g/mol. The van der Waals surface area contributed by atoms with Crippen LogP contribution in [0.25, 0.3) is 0 Å². The van der Waals surface area contributed by atoms with Crippen LogP contribution in [-0.4, -0.2) is 40.3 Å². The van der Waals surface area contributed by atoms with E-state index < -0.39 is 6.04 Å². The van der Waals surface area contributed by atoms with Gasteiger partial charge in [-0.3, -0.25) is 9.48 Å². The first kappa shape index (κ1) is 17.9. The third-order valence-electron chi connectivity index (χ3n) is 4.76. The zero-order valence-electron chi connectivity index (χ0n) is 14.7. The van der Waals surface area contributed by atoms with Crippen LogP contribution in [0, 0.1) is 0 Å². The largest absolute Gasteiger partial charge is 0.370 e. The van der Waals surface area contributed by atoms with Gasteiger partial charge in [0.25, 0.3) is 5.91 Å². The van der Waals surface area contributed by atoms with Crippen LogP contribution in [0.15, 0.2) is 77.5 Å². The summed E-state index contributed by atoms with van der Waals surface area (Å²) in [5.41, 5.74) is 2.00. The molecule has 1 aliphatic heterocycles. The summed E-state index contributed by atoms with van der Waals surface area (Å²) in [6.07, 6.45) is 3.42. The van der Waals surface area contributed by atoms with Gasteiger partial charge in [0.05, 0.1) is 13.2 Å². The number of morpholine rings is 1. The minimum Gasteiger partial charge on any atom is -0.370 e. The van der Waals surface area contributed by atoms with Gasteiger partial charge in [0.2, 0.25) is 0 Å². The molecular formula is C21H20BrN3O2. The number of benzene rings is 2. The van der Waals surface area contributed by atoms with Crippen molar-refractivity contribution in [3.05, 3.63) is 88.7 Å². The normalized spacial score (nSPS) is 18.3. The topological polar surface area (TPSA) is 47.4 Å². The lowest BCUT2D eigenvalue weighted by Gasteiger charge is -2.35. The molecule has 0 spiro atoms. The molecule has 3 aromatic rings. The van der Waals surface area contributed by atoms with Crippen molar-refractivity contribution < 1.29 is 9.53 Å². The van der Waals surface area contributed by atoms with Crippen LogP contribution in [0.3, 0.4) is 0 Å². The molecule has 1 aromatic heterocycles. The zero-order chi connectivity index (χ0) is 18.6. The van der Waals surface area contributed by atoms with Gasteiger partial charge in [-0.2, -0.15) is 5.10 Å². The Morgan fingerprint density at radius 3 is 2.59 bits per heavy atom. The molecule has 27 heavy (non-hydrogen) atoms. The number of carbonyl (C=O) groups is 1. The number of carbonyl (C=O) groups excluding carboxylic acids is 1. The SMILES string of the molecule is O=C(C(c1ccccc1)n1cccn1)N1CCOC(c2ccc(Br)cc2)C1. The number of aromatic nitrogens is 2. The molecule has 1 aliphatic rings. The van der Waals surface area contributed by atoms with Gasteiger partial charge >= 0.3 is 0 Å². The lowest BCUT2D eigenvalue weighted by atomic mass is 10.0. The molecule has 2 atom stereocenters. The van der Waals surface area contributed by atoms with Crippen LogP contribution in [0.5, 0.6) is 0 Å². The van der Waals surface area contributed by atoms with Gasteiger partial charge in [0.15, 0.2) is 6.04 Å². The molecule has 2 aromatic carbocycles. The minimum absolute atomic E-state index is 0.0373. The number of halogens is 1. The van der Waals surface area contributed by atoms with E-state index >= 15 is 0 Å². The zero-order valence-corrected chi connectivity index (χ0v) is 16.3. The van der Waals surface area contributed by atoms with Crippen LogP contribution < -0.4 is 0 Å². The van der Waals surface area contributed by atoms with E-state index in [-0.39, 0.29) is 12.0 Å². The molecule has 4 rings (SSSR count). The maximum atomic E-state index is 13.4. The highest BCUT2D eigenvalue weighted by atomic mass is 79.9. The summed E-state index contributed by atoms with van der Waals surface area (Å²) in [4.78, 5) is 15.3. The highest BCUT2D eigenvalue weighted by molar-refractivity contribution is 9.10. The molecule has 2 heterocycles. The lowest BCUT2D eigenvalue weighted by molar-refractivity contribution is -0.141. The van der Waals surface area contributed by atoms with E-state index in [1.807, 2.05) is 71.8 Å². The quantitative estimate of drug-likeness (QED) is 0.637. The lowest BCUT2D eigenvalue weighted by Crippen LogP contribution is -2.45. The third-order valence-corrected chi connectivity index (χ3v) is 5.29. The van der Waals surface area contributed by atoms with E-state index in [1.54, 1.807) is 10.9 Å². The Bertz CT molecular complexity index is 882. The molecule has 0 aliphatic carbocycles. The first-order valence-corrected chi connectivity index (χ1v) is 9.71. The van der Waals surface area contributed by atoms with Crippen LogP contribution in [-0.2, 0) is 9.53 Å². The molecule has 0 saturated carbocycles. The highest BCUT2D eigenvalue weighted by Gasteiger charge is 2.32. The second-order valence-electron chi connectivity index (χ2n) is 6.49. The van der Waals surface area contributed by atoms with Gasteiger partial charge in [0.1, 0.15) is 6.10 Å². The van der Waals surface area contributed by atoms with Crippen LogP contribution in [0.1, 0.15) is 23.3 Å². The minimum atomic E-state index is -0.468. The molecule has 2 unspecified atom stereocenters. The number of hydrogen-bond donors (Lipinski definition) is 0. The third kappa shape index (κ3) is 3.96. The number of rotatable bonds is 4. The number of ether oxygens (including phenoxy) is 1. The van der Waals surface area contributed by atoms with Crippen molar-refractivity contribution in [2.75, 3.05) is 19.7 Å². The van der Waals surface area contributed by atoms with Gasteiger partial charge in [-0.1, -0.05) is 58.4 Å². The number of hydrogen-bond acceptors (Lipinski definition) is 3. The highest BCUT2D eigenvalue weighted by Crippen LogP contribution is 2.27. The Kier molecular flexibility index (Phi) is 5.36. The van der Waals surface area contributed by atoms with Gasteiger partial charge in [0, 0.05) is 23.4 Å². The Balaban J connectivity index is 1.58. The summed E-state index contributed by atoms with van der Waals surface area (Å²) in [6, 6.07) is 19.2. The fraction of sp³-hybridized carbons (Fsp3) is 0.238. The summed E-state index contributed by atoms with van der Waals surface area (Å²) < 4.78 is 8.68. The van der Waals surface area contributed by atoms with Crippen molar-refractivity contribution >= 4 is 21.8 Å². The predicted octanol–water partition coefficient (Wildman–Crippen LogP) is 3.84. The van der Waals surface area contributed by atoms with Crippen LogP contribution in [0.2, 0.25) is 0 Å². The second-order valence-corrected chi connectivity index (χ2v) is 7.41. The fourth-order valence-electron chi connectivity index (χ4n) is 3.38. The van der Waals surface area contributed by atoms with Crippen LogP contribution in [0.4, 0.5) is 0 Å². The predicted molar refractivity (Wildman–Crippen MR) is 106 cm³/mol. The summed E-state index contributed by atoms with van der Waals surface area (Å²) in [6.45, 7) is 1.63. The molecule has 5 nitrogen and oxygen atoms in total. The fourth-order valence-corrected chi connectivity index (χ4v) is 3.64. The van der Waals surface area contributed by atoms with Crippen molar-refractivity contribution in [3.8, 4) is 0 Å². The number of amides is 1. The molecule has 138 valence electrons. The van der Waals surface area contributed by atoms with E-state index in [0.717, 1.165) is 15.6 Å². The van der Waals surface area contributed by atoms with Crippen LogP contribution >= 0.6 is 15.9 Å². The van der Waals surface area contributed by atoms with Crippen molar-refractivity contribution in [2.45, 2.75) is 12.1 Å². The Hall–Kier alpha value is -2.44. The van der Waals surface area contributed by atoms with Crippen molar-refractivity contribution in [3.63, 3.8) is 0 Å². The maximum absolute atomic E-state index is 13.4. The summed E-state index contributed by atoms with van der Waals surface area (Å²) in [5, 5.41) is 4.33. The maximum Gasteiger partial charge on any atom is 0.252 e. The summed E-state index contributed by atoms with van der Waals surface area (Å²) >= 11 is 3.46. The van der Waals surface area contributed by atoms with E-state index in [9.17, 15) is 4.79 Å². The van der Waals surface area contributed by atoms with E-state index in [4.69, 9.17) is 4.74 Å². The van der Waals surface area contributed by atoms with Crippen molar-refractivity contribution in [1.82, 2.24) is 14.7 Å². The summed E-state index contributed by atoms with van der Waals surface area (Å²) in [7, 11) is 0. The molecule has 6 heteroatoms. The molecule has 1 saturated heterocycles.